The summed E-state index contributed by atoms with van der Waals surface area (Å²) in [6.45, 7) is 4.00. The minimum atomic E-state index is 0.770. The van der Waals surface area contributed by atoms with Crippen molar-refractivity contribution in [3.63, 3.8) is 0 Å². The van der Waals surface area contributed by atoms with E-state index in [1.54, 1.807) is 24.2 Å². The van der Waals surface area contributed by atoms with Crippen LogP contribution < -0.4 is 0 Å². The van der Waals surface area contributed by atoms with Crippen LogP contribution in [0.15, 0.2) is 58.7 Å². The quantitative estimate of drug-likeness (QED) is 0.738. The van der Waals surface area contributed by atoms with Crippen LogP contribution in [0.2, 0.25) is 0 Å². The second-order valence-corrected chi connectivity index (χ2v) is 5.50. The van der Waals surface area contributed by atoms with Gasteiger partial charge in [-0.15, -0.1) is 0 Å². The molecule has 0 aliphatic heterocycles. The molecule has 0 unspecified atom stereocenters. The highest BCUT2D eigenvalue weighted by molar-refractivity contribution is 7.99. The lowest BCUT2D eigenvalue weighted by Crippen LogP contribution is -2.04. The smallest absolute Gasteiger partial charge is 0.186 e. The molecule has 2 aromatic heterocycles. The molecule has 0 amide bonds. The summed E-state index contributed by atoms with van der Waals surface area (Å²) in [5.41, 5.74) is 2.03. The molecule has 0 spiro atoms. The van der Waals surface area contributed by atoms with Gasteiger partial charge in [-0.05, 0) is 32.0 Å². The van der Waals surface area contributed by atoms with E-state index in [9.17, 15) is 0 Å². The number of hydrogen-bond acceptors (Lipinski definition) is 4. The maximum Gasteiger partial charge on any atom is 0.186 e. The van der Waals surface area contributed by atoms with Gasteiger partial charge in [0.2, 0.25) is 0 Å². The Kier molecular flexibility index (Phi) is 3.52. The van der Waals surface area contributed by atoms with E-state index in [0.717, 1.165) is 27.1 Å². The van der Waals surface area contributed by atoms with Crippen LogP contribution in [0.1, 0.15) is 11.4 Å². The minimum absolute atomic E-state index is 0.770. The Morgan fingerprint density at radius 3 is 2.45 bits per heavy atom. The van der Waals surface area contributed by atoms with Crippen molar-refractivity contribution in [2.45, 2.75) is 23.8 Å². The van der Waals surface area contributed by atoms with Gasteiger partial charge in [-0.25, -0.2) is 14.6 Å². The lowest BCUT2D eigenvalue weighted by Gasteiger charge is -2.08. The summed E-state index contributed by atoms with van der Waals surface area (Å²) in [6, 6.07) is 12.2. The Hall–Kier alpha value is -2.14. The molecule has 4 nitrogen and oxygen atoms in total. The summed E-state index contributed by atoms with van der Waals surface area (Å²) in [4.78, 5) is 10.0. The fourth-order valence-corrected chi connectivity index (χ4v) is 2.84. The first-order chi connectivity index (χ1) is 9.74. The number of benzene rings is 1. The normalized spacial score (nSPS) is 10.7. The van der Waals surface area contributed by atoms with Crippen LogP contribution in [0.4, 0.5) is 0 Å². The average Bonchev–Trinajstić information content (AvgIpc) is 2.79. The Balaban J connectivity index is 2.03. The first-order valence-electron chi connectivity index (χ1n) is 6.31. The summed E-state index contributed by atoms with van der Waals surface area (Å²) in [7, 11) is 0. The first kappa shape index (κ1) is 12.9. The van der Waals surface area contributed by atoms with Crippen LogP contribution >= 0.6 is 11.8 Å². The fourth-order valence-electron chi connectivity index (χ4n) is 1.98. The molecule has 0 atom stereocenters. The van der Waals surface area contributed by atoms with Crippen LogP contribution in [-0.2, 0) is 0 Å². The molecule has 5 heteroatoms. The van der Waals surface area contributed by atoms with Crippen LogP contribution in [0.25, 0.3) is 5.82 Å². The zero-order chi connectivity index (χ0) is 13.9. The molecule has 0 radical (unpaired) electrons. The van der Waals surface area contributed by atoms with Gasteiger partial charge in [-0.2, -0.15) is 5.10 Å². The average molecular weight is 282 g/mol. The van der Waals surface area contributed by atoms with Gasteiger partial charge >= 0.3 is 0 Å². The van der Waals surface area contributed by atoms with E-state index < -0.39 is 0 Å². The predicted molar refractivity (Wildman–Crippen MR) is 79.2 cm³/mol. The SMILES string of the molecule is Cc1cc(C)n(-c2nccnc2Sc2ccccc2)n1. The number of nitrogens with zero attached hydrogens (tertiary/aromatic N) is 4. The molecule has 100 valence electrons. The van der Waals surface area contributed by atoms with Gasteiger partial charge in [0.05, 0.1) is 5.69 Å². The number of hydrogen-bond donors (Lipinski definition) is 0. The molecule has 0 bridgehead atoms. The van der Waals surface area contributed by atoms with Gasteiger partial charge in [0, 0.05) is 23.0 Å². The third-order valence-electron chi connectivity index (χ3n) is 2.81. The molecule has 0 aliphatic rings. The molecule has 20 heavy (non-hydrogen) atoms. The number of aryl methyl sites for hydroxylation is 2. The summed E-state index contributed by atoms with van der Waals surface area (Å²) in [6.07, 6.45) is 3.40. The Morgan fingerprint density at radius 1 is 1.00 bits per heavy atom. The molecule has 0 N–H and O–H groups in total. The van der Waals surface area contributed by atoms with Crippen molar-refractivity contribution in [2.24, 2.45) is 0 Å². The minimum Gasteiger partial charge on any atom is -0.244 e. The van der Waals surface area contributed by atoms with E-state index in [-0.39, 0.29) is 0 Å². The highest BCUT2D eigenvalue weighted by atomic mass is 32.2. The molecular weight excluding hydrogens is 268 g/mol. The molecule has 0 saturated carbocycles. The van der Waals surface area contributed by atoms with E-state index in [0.29, 0.717) is 0 Å². The fraction of sp³-hybridized carbons (Fsp3) is 0.133. The lowest BCUT2D eigenvalue weighted by atomic mass is 10.4. The summed E-state index contributed by atoms with van der Waals surface area (Å²) < 4.78 is 1.84. The standard InChI is InChI=1S/C15H14N4S/c1-11-10-12(2)19(18-11)14-15(17-9-8-16-14)20-13-6-4-3-5-7-13/h3-10H,1-2H3. The Labute approximate surface area is 121 Å². The van der Waals surface area contributed by atoms with Crippen molar-refractivity contribution in [1.82, 2.24) is 19.7 Å². The topological polar surface area (TPSA) is 43.6 Å². The van der Waals surface area contributed by atoms with Crippen molar-refractivity contribution in [3.8, 4) is 5.82 Å². The third-order valence-corrected chi connectivity index (χ3v) is 3.80. The number of rotatable bonds is 3. The van der Waals surface area contributed by atoms with Gasteiger partial charge in [0.25, 0.3) is 0 Å². The van der Waals surface area contributed by atoms with E-state index in [1.165, 1.54) is 0 Å². The van der Waals surface area contributed by atoms with Crippen LogP contribution in [-0.4, -0.2) is 19.7 Å². The molecule has 2 heterocycles. The maximum atomic E-state index is 4.48. The van der Waals surface area contributed by atoms with Gasteiger partial charge in [0.15, 0.2) is 5.82 Å². The molecule has 0 fully saturated rings. The van der Waals surface area contributed by atoms with E-state index in [4.69, 9.17) is 0 Å². The Morgan fingerprint density at radius 2 is 1.75 bits per heavy atom. The largest absolute Gasteiger partial charge is 0.244 e. The predicted octanol–water partition coefficient (Wildman–Crippen LogP) is 3.43. The number of aromatic nitrogens is 4. The molecule has 0 saturated heterocycles. The van der Waals surface area contributed by atoms with Gasteiger partial charge in [0.1, 0.15) is 5.03 Å². The van der Waals surface area contributed by atoms with Crippen LogP contribution in [0, 0.1) is 13.8 Å². The van der Waals surface area contributed by atoms with Crippen molar-refractivity contribution >= 4 is 11.8 Å². The van der Waals surface area contributed by atoms with Crippen molar-refractivity contribution in [2.75, 3.05) is 0 Å². The first-order valence-corrected chi connectivity index (χ1v) is 7.13. The van der Waals surface area contributed by atoms with Crippen molar-refractivity contribution < 1.29 is 0 Å². The maximum absolute atomic E-state index is 4.48. The van der Waals surface area contributed by atoms with Gasteiger partial charge in [-0.3, -0.25) is 0 Å². The molecular formula is C15H14N4S. The third kappa shape index (κ3) is 2.58. The van der Waals surface area contributed by atoms with E-state index in [2.05, 4.69) is 27.2 Å². The van der Waals surface area contributed by atoms with Crippen LogP contribution in [0.5, 0.6) is 0 Å². The van der Waals surface area contributed by atoms with Crippen molar-refractivity contribution in [3.05, 3.63) is 60.2 Å². The zero-order valence-electron chi connectivity index (χ0n) is 11.3. The second kappa shape index (κ2) is 5.46. The van der Waals surface area contributed by atoms with E-state index >= 15 is 0 Å². The van der Waals surface area contributed by atoms with Crippen LogP contribution in [0.3, 0.4) is 0 Å². The Bertz CT molecular complexity index is 722. The summed E-state index contributed by atoms with van der Waals surface area (Å²) in [5, 5.41) is 5.34. The molecule has 3 aromatic rings. The highest BCUT2D eigenvalue weighted by Crippen LogP contribution is 2.29. The second-order valence-electron chi connectivity index (χ2n) is 4.44. The zero-order valence-corrected chi connectivity index (χ0v) is 12.1. The van der Waals surface area contributed by atoms with Crippen molar-refractivity contribution in [1.29, 1.82) is 0 Å². The molecule has 1 aromatic carbocycles. The van der Waals surface area contributed by atoms with Gasteiger partial charge in [-0.1, -0.05) is 30.0 Å². The van der Waals surface area contributed by atoms with Gasteiger partial charge < -0.3 is 0 Å². The summed E-state index contributed by atoms with van der Waals surface area (Å²) in [5.74, 6) is 0.770. The van der Waals surface area contributed by atoms with E-state index in [1.807, 2.05) is 42.8 Å². The lowest BCUT2D eigenvalue weighted by molar-refractivity contribution is 0.770. The molecule has 3 rings (SSSR count). The highest BCUT2D eigenvalue weighted by Gasteiger charge is 2.12. The monoisotopic (exact) mass is 282 g/mol. The molecule has 0 aliphatic carbocycles. The summed E-state index contributed by atoms with van der Waals surface area (Å²) >= 11 is 1.59.